The van der Waals surface area contributed by atoms with Gasteiger partial charge in [0, 0.05) is 29.4 Å². The molecule has 3 nitrogen and oxygen atoms in total. The predicted molar refractivity (Wildman–Crippen MR) is 87.5 cm³/mol. The summed E-state index contributed by atoms with van der Waals surface area (Å²) in [7, 11) is 0. The molecular weight excluding hydrogens is 341 g/mol. The van der Waals surface area contributed by atoms with Crippen molar-refractivity contribution in [3.8, 4) is 11.1 Å². The first kappa shape index (κ1) is 17.1. The van der Waals surface area contributed by atoms with E-state index in [1.807, 2.05) is 18.2 Å². The standard InChI is InChI=1S/C17H16ClF3N2O/c18-15-4-2-1-3-13(15)14-8-11(22)7-10-9-23(6-5-12(10)14)16(24)17(19,20)21/h1-4,7-8,16,24H,5-6,9,22H2. The molecule has 1 aliphatic heterocycles. The average Bonchev–Trinajstić information content (AvgIpc) is 2.52. The molecule has 0 saturated heterocycles. The molecule has 3 N–H and O–H groups in total. The summed E-state index contributed by atoms with van der Waals surface area (Å²) in [4.78, 5) is 0.998. The molecule has 0 fully saturated rings. The first-order valence-corrected chi connectivity index (χ1v) is 7.80. The summed E-state index contributed by atoms with van der Waals surface area (Å²) >= 11 is 6.25. The molecule has 1 unspecified atom stereocenters. The van der Waals surface area contributed by atoms with Gasteiger partial charge in [0.15, 0.2) is 0 Å². The zero-order valence-electron chi connectivity index (χ0n) is 12.6. The van der Waals surface area contributed by atoms with Crippen molar-refractivity contribution in [2.75, 3.05) is 12.3 Å². The van der Waals surface area contributed by atoms with E-state index in [1.165, 1.54) is 0 Å². The van der Waals surface area contributed by atoms with Crippen LogP contribution < -0.4 is 5.73 Å². The van der Waals surface area contributed by atoms with Gasteiger partial charge in [-0.05, 0) is 41.3 Å². The maximum absolute atomic E-state index is 12.8. The van der Waals surface area contributed by atoms with E-state index >= 15 is 0 Å². The highest BCUT2D eigenvalue weighted by atomic mass is 35.5. The van der Waals surface area contributed by atoms with Gasteiger partial charge in [0.2, 0.25) is 6.23 Å². The first-order chi connectivity index (χ1) is 11.3. The van der Waals surface area contributed by atoms with Crippen molar-refractivity contribution >= 4 is 17.3 Å². The van der Waals surface area contributed by atoms with E-state index in [4.69, 9.17) is 17.3 Å². The van der Waals surface area contributed by atoms with Crippen LogP contribution in [0.1, 0.15) is 11.1 Å². The lowest BCUT2D eigenvalue weighted by Crippen LogP contribution is -2.47. The molecule has 0 aromatic heterocycles. The molecule has 7 heteroatoms. The molecule has 2 aromatic carbocycles. The summed E-state index contributed by atoms with van der Waals surface area (Å²) in [6.07, 6.45) is -6.77. The molecule has 3 rings (SSSR count). The van der Waals surface area contributed by atoms with Crippen LogP contribution in [-0.2, 0) is 13.0 Å². The molecule has 2 aromatic rings. The van der Waals surface area contributed by atoms with E-state index in [2.05, 4.69) is 0 Å². The summed E-state index contributed by atoms with van der Waals surface area (Å²) < 4.78 is 38.3. The monoisotopic (exact) mass is 356 g/mol. The van der Waals surface area contributed by atoms with Gasteiger partial charge in [0.05, 0.1) is 0 Å². The number of fused-ring (bicyclic) bond motifs is 1. The minimum atomic E-state index is -4.68. The Hall–Kier alpha value is -1.76. The fraction of sp³-hybridized carbons (Fsp3) is 0.294. The van der Waals surface area contributed by atoms with Gasteiger partial charge in [-0.25, -0.2) is 0 Å². The molecule has 0 bridgehead atoms. The van der Waals surface area contributed by atoms with E-state index in [0.717, 1.165) is 21.6 Å². The van der Waals surface area contributed by atoms with E-state index in [-0.39, 0.29) is 13.1 Å². The number of hydrogen-bond acceptors (Lipinski definition) is 3. The number of hydrogen-bond donors (Lipinski definition) is 2. The second-order valence-corrected chi connectivity index (χ2v) is 6.23. The smallest absolute Gasteiger partial charge is 0.399 e. The normalized spacial score (nSPS) is 16.7. The van der Waals surface area contributed by atoms with E-state index in [9.17, 15) is 18.3 Å². The number of rotatable bonds is 2. The Kier molecular flexibility index (Phi) is 4.46. The minimum Gasteiger partial charge on any atom is -0.399 e. The zero-order valence-corrected chi connectivity index (χ0v) is 13.4. The van der Waals surface area contributed by atoms with Crippen molar-refractivity contribution in [3.63, 3.8) is 0 Å². The largest absolute Gasteiger partial charge is 0.428 e. The van der Waals surface area contributed by atoms with E-state index in [1.54, 1.807) is 18.2 Å². The second-order valence-electron chi connectivity index (χ2n) is 5.82. The van der Waals surface area contributed by atoms with Crippen LogP contribution >= 0.6 is 11.6 Å². The number of alkyl halides is 3. The predicted octanol–water partition coefficient (Wildman–Crippen LogP) is 3.83. The third-order valence-electron chi connectivity index (χ3n) is 4.19. The van der Waals surface area contributed by atoms with Crippen LogP contribution in [-0.4, -0.2) is 29.0 Å². The van der Waals surface area contributed by atoms with E-state index in [0.29, 0.717) is 22.7 Å². The van der Waals surface area contributed by atoms with Crippen LogP contribution in [0.3, 0.4) is 0 Å². The number of benzene rings is 2. The molecule has 0 spiro atoms. The lowest BCUT2D eigenvalue weighted by atomic mass is 9.90. The lowest BCUT2D eigenvalue weighted by Gasteiger charge is -2.34. The van der Waals surface area contributed by atoms with Crippen LogP contribution in [0.2, 0.25) is 5.02 Å². The van der Waals surface area contributed by atoms with Gasteiger partial charge in [-0.1, -0.05) is 29.8 Å². The number of anilines is 1. The fourth-order valence-corrected chi connectivity index (χ4v) is 3.32. The van der Waals surface area contributed by atoms with Gasteiger partial charge in [-0.15, -0.1) is 0 Å². The number of nitrogens with two attached hydrogens (primary N) is 1. The summed E-state index contributed by atoms with van der Waals surface area (Å²) in [5, 5.41) is 10.0. The summed E-state index contributed by atoms with van der Waals surface area (Å²) in [5.41, 5.74) is 9.61. The average molecular weight is 357 g/mol. The third-order valence-corrected chi connectivity index (χ3v) is 4.52. The first-order valence-electron chi connectivity index (χ1n) is 7.42. The van der Waals surface area contributed by atoms with Crippen molar-refractivity contribution < 1.29 is 18.3 Å². The van der Waals surface area contributed by atoms with Crippen molar-refractivity contribution in [1.82, 2.24) is 4.90 Å². The number of nitrogen functional groups attached to an aromatic ring is 1. The molecule has 24 heavy (non-hydrogen) atoms. The van der Waals surface area contributed by atoms with Crippen LogP contribution in [0.5, 0.6) is 0 Å². The Morgan fingerprint density at radius 1 is 1.17 bits per heavy atom. The number of aliphatic hydroxyl groups excluding tert-OH is 1. The van der Waals surface area contributed by atoms with Crippen LogP contribution in [0, 0.1) is 0 Å². The Labute approximate surface area is 142 Å². The minimum absolute atomic E-state index is 0.0154. The van der Waals surface area contributed by atoms with Gasteiger partial charge in [-0.3, -0.25) is 4.90 Å². The lowest BCUT2D eigenvalue weighted by molar-refractivity contribution is -0.252. The van der Waals surface area contributed by atoms with Crippen molar-refractivity contribution in [3.05, 3.63) is 52.5 Å². The van der Waals surface area contributed by atoms with Crippen LogP contribution in [0.25, 0.3) is 11.1 Å². The molecule has 128 valence electrons. The molecule has 1 aliphatic rings. The fourth-order valence-electron chi connectivity index (χ4n) is 3.08. The van der Waals surface area contributed by atoms with Crippen LogP contribution in [0.15, 0.2) is 36.4 Å². The Morgan fingerprint density at radius 2 is 1.88 bits per heavy atom. The number of halogens is 4. The van der Waals surface area contributed by atoms with E-state index < -0.39 is 12.4 Å². The zero-order chi connectivity index (χ0) is 17.5. The Balaban J connectivity index is 2.01. The highest BCUT2D eigenvalue weighted by Gasteiger charge is 2.43. The molecule has 0 amide bonds. The SMILES string of the molecule is Nc1cc2c(c(-c3ccccc3Cl)c1)CCN(C(O)C(F)(F)F)C2. The van der Waals surface area contributed by atoms with Gasteiger partial charge >= 0.3 is 6.18 Å². The maximum atomic E-state index is 12.8. The molecule has 1 atom stereocenters. The highest BCUT2D eigenvalue weighted by Crippen LogP contribution is 2.37. The molecule has 0 saturated carbocycles. The van der Waals surface area contributed by atoms with Crippen molar-refractivity contribution in [2.45, 2.75) is 25.4 Å². The van der Waals surface area contributed by atoms with Crippen molar-refractivity contribution in [1.29, 1.82) is 0 Å². The molecule has 0 radical (unpaired) electrons. The van der Waals surface area contributed by atoms with Gasteiger partial charge in [0.1, 0.15) is 0 Å². The summed E-state index contributed by atoms with van der Waals surface area (Å²) in [5.74, 6) is 0. The summed E-state index contributed by atoms with van der Waals surface area (Å²) in [6.45, 7) is 0.0908. The summed E-state index contributed by atoms with van der Waals surface area (Å²) in [6, 6.07) is 10.7. The number of aliphatic hydroxyl groups is 1. The Morgan fingerprint density at radius 3 is 2.54 bits per heavy atom. The van der Waals surface area contributed by atoms with Crippen LogP contribution in [0.4, 0.5) is 18.9 Å². The van der Waals surface area contributed by atoms with Gasteiger partial charge in [-0.2, -0.15) is 13.2 Å². The Bertz CT molecular complexity index is 764. The molecule has 1 heterocycles. The molecule has 0 aliphatic carbocycles. The number of nitrogens with zero attached hydrogens (tertiary/aromatic N) is 1. The second kappa shape index (κ2) is 6.27. The molecular formula is C17H16ClF3N2O. The van der Waals surface area contributed by atoms with Crippen molar-refractivity contribution in [2.24, 2.45) is 0 Å². The maximum Gasteiger partial charge on any atom is 0.428 e. The van der Waals surface area contributed by atoms with Gasteiger partial charge in [0.25, 0.3) is 0 Å². The third kappa shape index (κ3) is 3.22. The highest BCUT2D eigenvalue weighted by molar-refractivity contribution is 6.33. The van der Waals surface area contributed by atoms with Gasteiger partial charge < -0.3 is 10.8 Å². The quantitative estimate of drug-likeness (QED) is 0.804. The topological polar surface area (TPSA) is 49.5 Å².